The third-order valence-corrected chi connectivity index (χ3v) is 3.97. The van der Waals surface area contributed by atoms with Crippen LogP contribution in [-0.4, -0.2) is 55.5 Å². The van der Waals surface area contributed by atoms with Crippen molar-refractivity contribution in [2.24, 2.45) is 0 Å². The molecule has 1 N–H and O–H groups in total. The Hall–Kier alpha value is -0.620. The summed E-state index contributed by atoms with van der Waals surface area (Å²) in [5.41, 5.74) is 0. The minimum Gasteiger partial charge on any atom is -0.480 e. The number of carboxylic acids is 1. The summed E-state index contributed by atoms with van der Waals surface area (Å²) in [6, 6.07) is 0. The number of carbonyl (C=O) groups is 1. The molecule has 16 heavy (non-hydrogen) atoms. The van der Waals surface area contributed by atoms with E-state index in [1.165, 1.54) is 0 Å². The Balaban J connectivity index is 4.15. The Bertz CT molecular complexity index is 300. The van der Waals surface area contributed by atoms with Crippen LogP contribution in [0.1, 0.15) is 26.7 Å². The first-order chi connectivity index (χ1) is 7.41. The maximum absolute atomic E-state index is 11.5. The van der Waals surface area contributed by atoms with E-state index >= 15 is 0 Å². The fourth-order valence-corrected chi connectivity index (χ4v) is 2.82. The lowest BCUT2D eigenvalue weighted by Crippen LogP contribution is -2.35. The highest BCUT2D eigenvalue weighted by atomic mass is 32.2. The highest BCUT2D eigenvalue weighted by Gasteiger charge is 2.14. The molecule has 0 aliphatic heterocycles. The molecule has 5 nitrogen and oxygen atoms in total. The average molecular weight is 251 g/mol. The highest BCUT2D eigenvalue weighted by Crippen LogP contribution is 1.98. The van der Waals surface area contributed by atoms with E-state index in [0.717, 1.165) is 6.42 Å². The third kappa shape index (κ3) is 7.64. The summed E-state index contributed by atoms with van der Waals surface area (Å²) in [6.45, 7) is 4.60. The molecule has 0 aromatic carbocycles. The van der Waals surface area contributed by atoms with Crippen molar-refractivity contribution in [2.45, 2.75) is 26.7 Å². The summed E-state index contributed by atoms with van der Waals surface area (Å²) in [5.74, 6) is -0.685. The predicted octanol–water partition coefficient (Wildman–Crippen LogP) is 0.608. The molecular weight excluding hydrogens is 230 g/mol. The first kappa shape index (κ1) is 15.4. The van der Waals surface area contributed by atoms with Gasteiger partial charge in [0.05, 0.1) is 12.3 Å². The van der Waals surface area contributed by atoms with Gasteiger partial charge in [-0.25, -0.2) is 8.42 Å². The number of sulfone groups is 1. The van der Waals surface area contributed by atoms with Crippen molar-refractivity contribution in [2.75, 3.05) is 31.1 Å². The molecule has 0 aliphatic carbocycles. The quantitative estimate of drug-likeness (QED) is 0.650. The van der Waals surface area contributed by atoms with E-state index in [2.05, 4.69) is 0 Å². The Morgan fingerprint density at radius 3 is 2.19 bits per heavy atom. The second kappa shape index (κ2) is 7.62. The first-order valence-electron chi connectivity index (χ1n) is 5.55. The van der Waals surface area contributed by atoms with Crippen LogP contribution in [0.5, 0.6) is 0 Å². The van der Waals surface area contributed by atoms with Crippen LogP contribution in [-0.2, 0) is 14.6 Å². The van der Waals surface area contributed by atoms with Crippen LogP contribution in [0.2, 0.25) is 0 Å². The SMILES string of the molecule is CCCN(CCS(=O)(=O)CCC)CC(=O)O. The van der Waals surface area contributed by atoms with Crippen molar-refractivity contribution in [1.82, 2.24) is 4.90 Å². The molecule has 0 saturated carbocycles. The summed E-state index contributed by atoms with van der Waals surface area (Å²) in [4.78, 5) is 12.2. The van der Waals surface area contributed by atoms with Gasteiger partial charge in [0.15, 0.2) is 9.84 Å². The molecule has 0 radical (unpaired) electrons. The lowest BCUT2D eigenvalue weighted by atomic mass is 10.4. The van der Waals surface area contributed by atoms with Gasteiger partial charge < -0.3 is 5.11 Å². The molecule has 96 valence electrons. The van der Waals surface area contributed by atoms with Crippen molar-refractivity contribution in [3.8, 4) is 0 Å². The number of hydrogen-bond acceptors (Lipinski definition) is 4. The summed E-state index contributed by atoms with van der Waals surface area (Å²) >= 11 is 0. The molecule has 0 heterocycles. The molecule has 0 bridgehead atoms. The molecule has 0 saturated heterocycles. The van der Waals surface area contributed by atoms with E-state index in [9.17, 15) is 13.2 Å². The molecule has 0 amide bonds. The molecule has 0 fully saturated rings. The fraction of sp³-hybridized carbons (Fsp3) is 0.900. The van der Waals surface area contributed by atoms with E-state index in [4.69, 9.17) is 5.11 Å². The van der Waals surface area contributed by atoms with Crippen molar-refractivity contribution >= 4 is 15.8 Å². The van der Waals surface area contributed by atoms with Crippen LogP contribution in [0.4, 0.5) is 0 Å². The Morgan fingerprint density at radius 1 is 1.12 bits per heavy atom. The third-order valence-electron chi connectivity index (χ3n) is 2.13. The molecule has 0 rings (SSSR count). The summed E-state index contributed by atoms with van der Waals surface area (Å²) in [7, 11) is -3.02. The fourth-order valence-electron chi connectivity index (χ4n) is 1.46. The zero-order valence-corrected chi connectivity index (χ0v) is 10.8. The van der Waals surface area contributed by atoms with E-state index in [1.54, 1.807) is 4.90 Å². The summed E-state index contributed by atoms with van der Waals surface area (Å²) < 4.78 is 22.9. The van der Waals surface area contributed by atoms with Gasteiger partial charge in [0.25, 0.3) is 0 Å². The van der Waals surface area contributed by atoms with Gasteiger partial charge in [0.2, 0.25) is 0 Å². The van der Waals surface area contributed by atoms with E-state index < -0.39 is 15.8 Å². The van der Waals surface area contributed by atoms with Gasteiger partial charge in [-0.05, 0) is 19.4 Å². The van der Waals surface area contributed by atoms with E-state index in [-0.39, 0.29) is 18.1 Å². The van der Waals surface area contributed by atoms with Crippen molar-refractivity contribution in [3.63, 3.8) is 0 Å². The molecule has 0 unspecified atom stereocenters. The van der Waals surface area contributed by atoms with Crippen LogP contribution in [0.15, 0.2) is 0 Å². The molecular formula is C10H21NO4S. The second-order valence-electron chi connectivity index (χ2n) is 3.82. The largest absolute Gasteiger partial charge is 0.480 e. The number of nitrogens with zero attached hydrogens (tertiary/aromatic N) is 1. The van der Waals surface area contributed by atoms with Crippen molar-refractivity contribution < 1.29 is 18.3 Å². The predicted molar refractivity (Wildman–Crippen MR) is 63.3 cm³/mol. The van der Waals surface area contributed by atoms with Crippen LogP contribution in [0, 0.1) is 0 Å². The first-order valence-corrected chi connectivity index (χ1v) is 7.38. The molecule has 0 atom stereocenters. The monoisotopic (exact) mass is 251 g/mol. The maximum atomic E-state index is 11.5. The number of aliphatic carboxylic acids is 1. The number of carboxylic acid groups (broad SMARTS) is 1. The lowest BCUT2D eigenvalue weighted by Gasteiger charge is -2.18. The average Bonchev–Trinajstić information content (AvgIpc) is 2.14. The van der Waals surface area contributed by atoms with Gasteiger partial charge in [-0.1, -0.05) is 13.8 Å². The smallest absolute Gasteiger partial charge is 0.317 e. The second-order valence-corrected chi connectivity index (χ2v) is 6.13. The van der Waals surface area contributed by atoms with E-state index in [0.29, 0.717) is 19.5 Å². The minimum atomic E-state index is -3.02. The maximum Gasteiger partial charge on any atom is 0.317 e. The van der Waals surface area contributed by atoms with Gasteiger partial charge in [0, 0.05) is 12.3 Å². The van der Waals surface area contributed by atoms with Crippen LogP contribution < -0.4 is 0 Å². The Labute approximate surface area is 97.4 Å². The summed E-state index contributed by atoms with van der Waals surface area (Å²) in [5, 5.41) is 8.65. The number of rotatable bonds is 9. The lowest BCUT2D eigenvalue weighted by molar-refractivity contribution is -0.138. The van der Waals surface area contributed by atoms with Gasteiger partial charge in [-0.15, -0.1) is 0 Å². The standard InChI is InChI=1S/C10H21NO4S/c1-3-5-11(9-10(12)13)6-8-16(14,15)7-4-2/h3-9H2,1-2H3,(H,12,13). The van der Waals surface area contributed by atoms with Crippen LogP contribution >= 0.6 is 0 Å². The minimum absolute atomic E-state index is 0.0497. The Kier molecular flexibility index (Phi) is 7.33. The molecule has 0 spiro atoms. The molecule has 0 aromatic rings. The highest BCUT2D eigenvalue weighted by molar-refractivity contribution is 7.91. The summed E-state index contributed by atoms with van der Waals surface area (Å²) in [6.07, 6.45) is 1.43. The Morgan fingerprint density at radius 2 is 1.75 bits per heavy atom. The van der Waals surface area contributed by atoms with Crippen molar-refractivity contribution in [1.29, 1.82) is 0 Å². The van der Waals surface area contributed by atoms with Gasteiger partial charge >= 0.3 is 5.97 Å². The van der Waals surface area contributed by atoms with Crippen LogP contribution in [0.25, 0.3) is 0 Å². The zero-order chi connectivity index (χ0) is 12.6. The van der Waals surface area contributed by atoms with Gasteiger partial charge in [-0.2, -0.15) is 0 Å². The van der Waals surface area contributed by atoms with Crippen molar-refractivity contribution in [3.05, 3.63) is 0 Å². The molecule has 0 aromatic heterocycles. The topological polar surface area (TPSA) is 74.7 Å². The zero-order valence-electron chi connectivity index (χ0n) is 9.98. The van der Waals surface area contributed by atoms with Gasteiger partial charge in [0.1, 0.15) is 0 Å². The van der Waals surface area contributed by atoms with Gasteiger partial charge in [-0.3, -0.25) is 9.69 Å². The molecule has 0 aliphatic rings. The van der Waals surface area contributed by atoms with E-state index in [1.807, 2.05) is 13.8 Å². The van der Waals surface area contributed by atoms with Crippen LogP contribution in [0.3, 0.4) is 0 Å². The molecule has 6 heteroatoms. The number of hydrogen-bond donors (Lipinski definition) is 1. The normalized spacial score (nSPS) is 11.9.